The second kappa shape index (κ2) is 7.12. The predicted octanol–water partition coefficient (Wildman–Crippen LogP) is 4.81. The molecule has 3 rings (SSSR count). The molecule has 1 fully saturated rings. The lowest BCUT2D eigenvalue weighted by molar-refractivity contribution is 0.367. The van der Waals surface area contributed by atoms with E-state index in [9.17, 15) is 4.39 Å². The lowest BCUT2D eigenvalue weighted by Crippen LogP contribution is -2.28. The van der Waals surface area contributed by atoms with Gasteiger partial charge in [0.25, 0.3) is 0 Å². The third kappa shape index (κ3) is 3.99. The van der Waals surface area contributed by atoms with Crippen molar-refractivity contribution in [2.45, 2.75) is 19.3 Å². The Bertz CT molecular complexity index is 623. The van der Waals surface area contributed by atoms with Crippen molar-refractivity contribution in [3.63, 3.8) is 0 Å². The summed E-state index contributed by atoms with van der Waals surface area (Å²) in [6, 6.07) is 11.8. The van der Waals surface area contributed by atoms with Gasteiger partial charge in [0.05, 0.1) is 0 Å². The van der Waals surface area contributed by atoms with Crippen LogP contribution in [0, 0.1) is 11.7 Å². The van der Waals surface area contributed by atoms with Crippen LogP contribution >= 0.6 is 11.6 Å². The van der Waals surface area contributed by atoms with Crippen LogP contribution in [-0.4, -0.2) is 13.1 Å². The fourth-order valence-corrected chi connectivity index (χ4v) is 2.98. The zero-order valence-corrected chi connectivity index (χ0v) is 13.1. The van der Waals surface area contributed by atoms with Gasteiger partial charge in [-0.05, 0) is 80.2 Å². The maximum Gasteiger partial charge on any atom is 0.132 e. The molecule has 0 saturated carbocycles. The summed E-state index contributed by atoms with van der Waals surface area (Å²) in [4.78, 5) is 0. The van der Waals surface area contributed by atoms with Gasteiger partial charge in [0.1, 0.15) is 17.3 Å². The molecule has 116 valence electrons. The molecule has 0 aromatic heterocycles. The van der Waals surface area contributed by atoms with Gasteiger partial charge in [-0.15, -0.1) is 0 Å². The molecule has 2 aromatic carbocycles. The van der Waals surface area contributed by atoms with Crippen molar-refractivity contribution in [3.05, 3.63) is 58.9 Å². The summed E-state index contributed by atoms with van der Waals surface area (Å²) in [6.07, 6.45) is 3.34. The highest BCUT2D eigenvalue weighted by Crippen LogP contribution is 2.31. The van der Waals surface area contributed by atoms with Gasteiger partial charge in [-0.25, -0.2) is 4.39 Å². The number of hydrogen-bond donors (Lipinski definition) is 1. The Morgan fingerprint density at radius 3 is 2.55 bits per heavy atom. The Hall–Kier alpha value is -1.58. The maximum atomic E-state index is 13.0. The van der Waals surface area contributed by atoms with Crippen molar-refractivity contribution in [2.24, 2.45) is 5.92 Å². The van der Waals surface area contributed by atoms with Gasteiger partial charge >= 0.3 is 0 Å². The fourth-order valence-electron chi connectivity index (χ4n) is 2.82. The largest absolute Gasteiger partial charge is 0.457 e. The minimum Gasteiger partial charge on any atom is -0.457 e. The van der Waals surface area contributed by atoms with Gasteiger partial charge in [0, 0.05) is 5.02 Å². The number of ether oxygens (including phenoxy) is 1. The molecule has 0 atom stereocenters. The number of benzene rings is 2. The summed E-state index contributed by atoms with van der Waals surface area (Å²) in [5, 5.41) is 4.03. The van der Waals surface area contributed by atoms with E-state index in [-0.39, 0.29) is 5.82 Å². The summed E-state index contributed by atoms with van der Waals surface area (Å²) in [5.74, 6) is 1.78. The van der Waals surface area contributed by atoms with E-state index in [1.807, 2.05) is 18.2 Å². The Morgan fingerprint density at radius 2 is 1.82 bits per heavy atom. The molecule has 1 saturated heterocycles. The number of piperidine rings is 1. The van der Waals surface area contributed by atoms with Crippen LogP contribution in [0.15, 0.2) is 42.5 Å². The van der Waals surface area contributed by atoms with Gasteiger partial charge in [0.15, 0.2) is 0 Å². The molecule has 0 unspecified atom stereocenters. The highest BCUT2D eigenvalue weighted by molar-refractivity contribution is 6.30. The normalized spacial score (nSPS) is 15.7. The predicted molar refractivity (Wildman–Crippen MR) is 87.2 cm³/mol. The van der Waals surface area contributed by atoms with Crippen LogP contribution in [0.3, 0.4) is 0 Å². The Balaban J connectivity index is 1.79. The van der Waals surface area contributed by atoms with Crippen LogP contribution in [0.25, 0.3) is 0 Å². The lowest BCUT2D eigenvalue weighted by atomic mass is 9.90. The summed E-state index contributed by atoms with van der Waals surface area (Å²) >= 11 is 6.10. The summed E-state index contributed by atoms with van der Waals surface area (Å²) in [5.41, 5.74) is 1.15. The fraction of sp³-hybridized carbons (Fsp3) is 0.333. The number of rotatable bonds is 4. The highest BCUT2D eigenvalue weighted by Gasteiger charge is 2.16. The molecular formula is C18H19ClFNO. The molecule has 0 bridgehead atoms. The number of nitrogens with one attached hydrogen (secondary N) is 1. The molecule has 2 aromatic rings. The first-order chi connectivity index (χ1) is 10.7. The molecule has 4 heteroatoms. The van der Waals surface area contributed by atoms with Gasteiger partial charge in [0.2, 0.25) is 0 Å². The molecule has 0 radical (unpaired) electrons. The molecule has 0 spiro atoms. The molecule has 0 amide bonds. The van der Waals surface area contributed by atoms with E-state index in [1.54, 1.807) is 12.1 Å². The van der Waals surface area contributed by atoms with E-state index in [2.05, 4.69) is 5.32 Å². The zero-order chi connectivity index (χ0) is 15.4. The van der Waals surface area contributed by atoms with E-state index in [0.717, 1.165) is 30.8 Å². The van der Waals surface area contributed by atoms with Gasteiger partial charge in [-0.2, -0.15) is 0 Å². The lowest BCUT2D eigenvalue weighted by Gasteiger charge is -2.23. The van der Waals surface area contributed by atoms with Crippen LogP contribution in [0.4, 0.5) is 4.39 Å². The molecule has 1 N–H and O–H groups in total. The zero-order valence-electron chi connectivity index (χ0n) is 12.3. The molecule has 22 heavy (non-hydrogen) atoms. The third-order valence-electron chi connectivity index (χ3n) is 4.04. The minimum absolute atomic E-state index is 0.270. The Labute approximate surface area is 135 Å². The van der Waals surface area contributed by atoms with Crippen molar-refractivity contribution < 1.29 is 9.13 Å². The summed E-state index contributed by atoms with van der Waals surface area (Å²) < 4.78 is 18.9. The van der Waals surface area contributed by atoms with Crippen LogP contribution in [0.1, 0.15) is 18.4 Å². The first-order valence-electron chi connectivity index (χ1n) is 7.63. The molecule has 1 aliphatic rings. The molecule has 0 aliphatic carbocycles. The van der Waals surface area contributed by atoms with Gasteiger partial charge in [-0.3, -0.25) is 0 Å². The SMILES string of the molecule is Fc1ccc(Oc2cc(Cl)ccc2CC2CCNCC2)cc1. The van der Waals surface area contributed by atoms with E-state index in [4.69, 9.17) is 16.3 Å². The van der Waals surface area contributed by atoms with Crippen LogP contribution in [-0.2, 0) is 6.42 Å². The van der Waals surface area contributed by atoms with E-state index in [0.29, 0.717) is 16.7 Å². The monoisotopic (exact) mass is 319 g/mol. The average Bonchev–Trinajstić information content (AvgIpc) is 2.53. The van der Waals surface area contributed by atoms with Crippen LogP contribution in [0.5, 0.6) is 11.5 Å². The van der Waals surface area contributed by atoms with Crippen LogP contribution in [0.2, 0.25) is 5.02 Å². The summed E-state index contributed by atoms with van der Waals surface area (Å²) in [6.45, 7) is 2.15. The first-order valence-corrected chi connectivity index (χ1v) is 8.01. The topological polar surface area (TPSA) is 21.3 Å². The standard InChI is InChI=1S/C18H19ClFNO/c19-15-2-1-14(11-13-7-9-21-10-8-13)18(12-15)22-17-5-3-16(20)4-6-17/h1-6,12-13,21H,7-11H2. The maximum absolute atomic E-state index is 13.0. The second-order valence-corrected chi connectivity index (χ2v) is 6.14. The molecular weight excluding hydrogens is 301 g/mol. The number of hydrogen-bond acceptors (Lipinski definition) is 2. The quantitative estimate of drug-likeness (QED) is 0.873. The molecule has 1 heterocycles. The van der Waals surface area contributed by atoms with E-state index < -0.39 is 0 Å². The Morgan fingerprint density at radius 1 is 1.09 bits per heavy atom. The van der Waals surface area contributed by atoms with Crippen molar-refractivity contribution in [3.8, 4) is 11.5 Å². The van der Waals surface area contributed by atoms with Gasteiger partial charge < -0.3 is 10.1 Å². The minimum atomic E-state index is -0.270. The van der Waals surface area contributed by atoms with Crippen molar-refractivity contribution in [1.29, 1.82) is 0 Å². The Kier molecular flexibility index (Phi) is 4.96. The van der Waals surface area contributed by atoms with E-state index in [1.165, 1.54) is 25.0 Å². The smallest absolute Gasteiger partial charge is 0.132 e. The van der Waals surface area contributed by atoms with Crippen LogP contribution < -0.4 is 10.1 Å². The average molecular weight is 320 g/mol. The first kappa shape index (κ1) is 15.3. The highest BCUT2D eigenvalue weighted by atomic mass is 35.5. The van der Waals surface area contributed by atoms with Crippen molar-refractivity contribution >= 4 is 11.6 Å². The van der Waals surface area contributed by atoms with Crippen molar-refractivity contribution in [1.82, 2.24) is 5.32 Å². The second-order valence-electron chi connectivity index (χ2n) is 5.71. The molecule has 1 aliphatic heterocycles. The van der Waals surface area contributed by atoms with E-state index >= 15 is 0 Å². The van der Waals surface area contributed by atoms with Gasteiger partial charge in [-0.1, -0.05) is 17.7 Å². The summed E-state index contributed by atoms with van der Waals surface area (Å²) in [7, 11) is 0. The third-order valence-corrected chi connectivity index (χ3v) is 4.27. The molecule has 2 nitrogen and oxygen atoms in total. The van der Waals surface area contributed by atoms with Crippen molar-refractivity contribution in [2.75, 3.05) is 13.1 Å². The number of halogens is 2.